The molecule has 1 amide bonds. The molecule has 2 atom stereocenters. The fourth-order valence-electron chi connectivity index (χ4n) is 1.98. The van der Waals surface area contributed by atoms with Gasteiger partial charge in [0.15, 0.2) is 0 Å². The first-order valence-electron chi connectivity index (χ1n) is 5.80. The molecule has 3 N–H and O–H groups in total. The van der Waals surface area contributed by atoms with E-state index in [1.54, 1.807) is 0 Å². The number of piperidine rings is 1. The van der Waals surface area contributed by atoms with Crippen LogP contribution in [0.5, 0.6) is 0 Å². The number of amides is 1. The first-order chi connectivity index (χ1) is 7.52. The van der Waals surface area contributed by atoms with Crippen molar-refractivity contribution >= 4 is 11.9 Å². The number of carbonyl (C=O) groups is 2. The van der Waals surface area contributed by atoms with Crippen molar-refractivity contribution in [2.45, 2.75) is 51.1 Å². The van der Waals surface area contributed by atoms with E-state index >= 15 is 0 Å². The maximum absolute atomic E-state index is 11.8. The van der Waals surface area contributed by atoms with E-state index in [0.717, 1.165) is 12.8 Å². The van der Waals surface area contributed by atoms with Gasteiger partial charge in [-0.15, -0.1) is 0 Å². The highest BCUT2D eigenvalue weighted by Crippen LogP contribution is 2.18. The van der Waals surface area contributed by atoms with Gasteiger partial charge >= 0.3 is 5.97 Å². The van der Waals surface area contributed by atoms with Crippen molar-refractivity contribution in [3.05, 3.63) is 0 Å². The lowest BCUT2D eigenvalue weighted by atomic mass is 10.0. The molecule has 0 aromatic rings. The summed E-state index contributed by atoms with van der Waals surface area (Å²) in [6, 6.07) is -0.647. The summed E-state index contributed by atoms with van der Waals surface area (Å²) in [4.78, 5) is 24.3. The van der Waals surface area contributed by atoms with Gasteiger partial charge in [0, 0.05) is 19.0 Å². The second-order valence-electron chi connectivity index (χ2n) is 4.45. The Morgan fingerprint density at radius 2 is 2.19 bits per heavy atom. The number of carboxylic acids is 1. The van der Waals surface area contributed by atoms with Gasteiger partial charge in [-0.1, -0.05) is 0 Å². The predicted molar refractivity (Wildman–Crippen MR) is 59.9 cm³/mol. The van der Waals surface area contributed by atoms with Crippen LogP contribution in [0.25, 0.3) is 0 Å². The van der Waals surface area contributed by atoms with Crippen LogP contribution in [0, 0.1) is 0 Å². The van der Waals surface area contributed by atoms with Gasteiger partial charge in [-0.2, -0.15) is 0 Å². The van der Waals surface area contributed by atoms with Gasteiger partial charge in [0.1, 0.15) is 6.04 Å². The molecule has 92 valence electrons. The smallest absolute Gasteiger partial charge is 0.326 e. The lowest BCUT2D eigenvalue weighted by Crippen LogP contribution is -2.48. The van der Waals surface area contributed by atoms with E-state index < -0.39 is 12.0 Å². The molecule has 0 aliphatic carbocycles. The van der Waals surface area contributed by atoms with E-state index in [4.69, 9.17) is 10.8 Å². The normalized spacial score (nSPS) is 22.9. The third kappa shape index (κ3) is 3.48. The number of nitrogens with zero attached hydrogens (tertiary/aromatic N) is 1. The molecule has 0 aromatic carbocycles. The molecule has 5 nitrogen and oxygen atoms in total. The second-order valence-corrected chi connectivity index (χ2v) is 4.45. The molecule has 1 aliphatic heterocycles. The number of aliphatic carboxylic acids is 1. The van der Waals surface area contributed by atoms with Crippen LogP contribution in [0.4, 0.5) is 0 Å². The summed E-state index contributed by atoms with van der Waals surface area (Å²) in [7, 11) is 0. The summed E-state index contributed by atoms with van der Waals surface area (Å²) in [5, 5.41) is 9.02. The van der Waals surface area contributed by atoms with Crippen molar-refractivity contribution in [1.82, 2.24) is 4.90 Å². The topological polar surface area (TPSA) is 83.6 Å². The van der Waals surface area contributed by atoms with Gasteiger partial charge in [-0.3, -0.25) is 4.79 Å². The quantitative estimate of drug-likeness (QED) is 0.737. The molecule has 1 aliphatic rings. The highest BCUT2D eigenvalue weighted by atomic mass is 16.4. The van der Waals surface area contributed by atoms with Crippen LogP contribution in [-0.4, -0.2) is 40.5 Å². The molecular formula is C11H20N2O3. The third-order valence-corrected chi connectivity index (χ3v) is 2.92. The van der Waals surface area contributed by atoms with Crippen LogP contribution in [0.2, 0.25) is 0 Å². The van der Waals surface area contributed by atoms with Gasteiger partial charge < -0.3 is 15.7 Å². The van der Waals surface area contributed by atoms with Crippen LogP contribution in [0.3, 0.4) is 0 Å². The zero-order valence-electron chi connectivity index (χ0n) is 9.69. The Hall–Kier alpha value is -1.10. The van der Waals surface area contributed by atoms with Crippen molar-refractivity contribution in [1.29, 1.82) is 0 Å². The first-order valence-corrected chi connectivity index (χ1v) is 5.80. The van der Waals surface area contributed by atoms with Crippen molar-refractivity contribution < 1.29 is 14.7 Å². The highest BCUT2D eigenvalue weighted by molar-refractivity contribution is 5.83. The fourth-order valence-corrected chi connectivity index (χ4v) is 1.98. The van der Waals surface area contributed by atoms with Gasteiger partial charge in [0.25, 0.3) is 0 Å². The number of carboxylic acid groups (broad SMARTS) is 1. The van der Waals surface area contributed by atoms with Crippen molar-refractivity contribution in [2.75, 3.05) is 6.54 Å². The minimum absolute atomic E-state index is 0.0166. The summed E-state index contributed by atoms with van der Waals surface area (Å²) in [5.74, 6) is -0.974. The Balaban J connectivity index is 2.54. The first kappa shape index (κ1) is 13.0. The van der Waals surface area contributed by atoms with Crippen LogP contribution in [0.1, 0.15) is 39.0 Å². The van der Waals surface area contributed by atoms with Gasteiger partial charge in [-0.05, 0) is 32.6 Å². The van der Waals surface area contributed by atoms with E-state index in [0.29, 0.717) is 25.8 Å². The van der Waals surface area contributed by atoms with Crippen LogP contribution in [0.15, 0.2) is 0 Å². The second kappa shape index (κ2) is 5.84. The molecule has 1 saturated heterocycles. The minimum atomic E-state index is -0.895. The number of rotatable bonds is 4. The van der Waals surface area contributed by atoms with Gasteiger partial charge in [0.05, 0.1) is 0 Å². The zero-order valence-corrected chi connectivity index (χ0v) is 9.69. The van der Waals surface area contributed by atoms with Gasteiger partial charge in [-0.25, -0.2) is 4.79 Å². The number of hydrogen-bond acceptors (Lipinski definition) is 3. The van der Waals surface area contributed by atoms with E-state index in [2.05, 4.69) is 0 Å². The lowest BCUT2D eigenvalue weighted by molar-refractivity contribution is -0.152. The monoisotopic (exact) mass is 228 g/mol. The largest absolute Gasteiger partial charge is 0.480 e. The van der Waals surface area contributed by atoms with Crippen LogP contribution in [-0.2, 0) is 9.59 Å². The highest BCUT2D eigenvalue weighted by Gasteiger charge is 2.31. The Morgan fingerprint density at radius 1 is 1.50 bits per heavy atom. The molecule has 1 unspecified atom stereocenters. The van der Waals surface area contributed by atoms with Crippen molar-refractivity contribution in [3.63, 3.8) is 0 Å². The molecular weight excluding hydrogens is 208 g/mol. The zero-order chi connectivity index (χ0) is 12.1. The molecule has 1 heterocycles. The van der Waals surface area contributed by atoms with Gasteiger partial charge in [0.2, 0.25) is 5.91 Å². The minimum Gasteiger partial charge on any atom is -0.480 e. The maximum atomic E-state index is 11.8. The molecule has 1 rings (SSSR count). The van der Waals surface area contributed by atoms with E-state index in [1.807, 2.05) is 6.92 Å². The van der Waals surface area contributed by atoms with E-state index in [-0.39, 0.29) is 11.9 Å². The number of carbonyl (C=O) groups excluding carboxylic acids is 1. The van der Waals surface area contributed by atoms with E-state index in [9.17, 15) is 9.59 Å². The average molecular weight is 228 g/mol. The number of hydrogen-bond donors (Lipinski definition) is 2. The Bertz CT molecular complexity index is 266. The Kier molecular flexibility index (Phi) is 4.73. The van der Waals surface area contributed by atoms with Crippen molar-refractivity contribution in [2.24, 2.45) is 5.73 Å². The lowest BCUT2D eigenvalue weighted by Gasteiger charge is -2.33. The molecule has 16 heavy (non-hydrogen) atoms. The predicted octanol–water partition coefficient (Wildman–Crippen LogP) is 0.579. The third-order valence-electron chi connectivity index (χ3n) is 2.92. The number of nitrogens with two attached hydrogens (primary N) is 1. The molecule has 0 radical (unpaired) electrons. The molecule has 0 aromatic heterocycles. The van der Waals surface area contributed by atoms with Crippen LogP contribution >= 0.6 is 0 Å². The molecule has 0 saturated carbocycles. The molecule has 0 spiro atoms. The molecule has 5 heteroatoms. The Morgan fingerprint density at radius 3 is 2.75 bits per heavy atom. The summed E-state index contributed by atoms with van der Waals surface area (Å²) >= 11 is 0. The van der Waals surface area contributed by atoms with Crippen molar-refractivity contribution in [3.8, 4) is 0 Å². The SMILES string of the molecule is CC(N)CCC(=O)N1CCCC[C@@H]1C(=O)O. The fraction of sp³-hybridized carbons (Fsp3) is 0.818. The Labute approximate surface area is 95.6 Å². The molecule has 0 bridgehead atoms. The summed E-state index contributed by atoms with van der Waals surface area (Å²) in [6.07, 6.45) is 3.31. The maximum Gasteiger partial charge on any atom is 0.326 e. The standard InChI is InChI=1S/C11H20N2O3/c1-8(12)5-6-10(14)13-7-3-2-4-9(13)11(15)16/h8-9H,2-7,12H2,1H3,(H,15,16)/t8?,9-/m1/s1. The summed E-state index contributed by atoms with van der Waals surface area (Å²) in [6.45, 7) is 2.41. The number of likely N-dealkylation sites (tertiary alicyclic amines) is 1. The molecule has 1 fully saturated rings. The summed E-state index contributed by atoms with van der Waals surface area (Å²) < 4.78 is 0. The van der Waals surface area contributed by atoms with Crippen LogP contribution < -0.4 is 5.73 Å². The summed E-state index contributed by atoms with van der Waals surface area (Å²) in [5.41, 5.74) is 5.58. The average Bonchev–Trinajstić information content (AvgIpc) is 2.25. The van der Waals surface area contributed by atoms with E-state index in [1.165, 1.54) is 4.90 Å².